The Bertz CT molecular complexity index is 351. The maximum absolute atomic E-state index is 10.7. The number of hydrogen-bond acceptors (Lipinski definition) is 2. The van der Waals surface area contributed by atoms with Crippen LogP contribution in [0.25, 0.3) is 0 Å². The fraction of sp³-hybridized carbons (Fsp3) is 0.533. The summed E-state index contributed by atoms with van der Waals surface area (Å²) in [4.78, 5) is 10.7. The summed E-state index contributed by atoms with van der Waals surface area (Å²) >= 11 is 0. The van der Waals surface area contributed by atoms with Crippen LogP contribution in [-0.4, -0.2) is 17.6 Å². The van der Waals surface area contributed by atoms with E-state index in [9.17, 15) is 4.79 Å². The molecule has 2 atom stereocenters. The summed E-state index contributed by atoms with van der Waals surface area (Å²) in [5, 5.41) is 8.78. The first-order valence-electron chi connectivity index (χ1n) is 6.57. The third-order valence-electron chi connectivity index (χ3n) is 3.30. The summed E-state index contributed by atoms with van der Waals surface area (Å²) in [7, 11) is 0. The maximum atomic E-state index is 10.7. The zero-order chi connectivity index (χ0) is 13.4. The molecule has 1 aromatic carbocycles. The van der Waals surface area contributed by atoms with Crippen LogP contribution in [0.15, 0.2) is 30.3 Å². The number of carbonyl (C=O) groups is 1. The Morgan fingerprint density at radius 2 is 2.00 bits per heavy atom. The number of carboxylic acid groups (broad SMARTS) is 1. The van der Waals surface area contributed by atoms with E-state index in [4.69, 9.17) is 10.8 Å². The van der Waals surface area contributed by atoms with Gasteiger partial charge in [0.15, 0.2) is 0 Å². The van der Waals surface area contributed by atoms with E-state index in [-0.39, 0.29) is 12.3 Å². The van der Waals surface area contributed by atoms with Crippen molar-refractivity contribution in [2.75, 3.05) is 6.54 Å². The van der Waals surface area contributed by atoms with Crippen LogP contribution < -0.4 is 5.73 Å². The second-order valence-electron chi connectivity index (χ2n) is 5.06. The number of carboxylic acids is 1. The molecule has 0 fully saturated rings. The molecule has 0 spiro atoms. The van der Waals surface area contributed by atoms with Gasteiger partial charge in [0, 0.05) is 6.42 Å². The van der Waals surface area contributed by atoms with Gasteiger partial charge in [-0.25, -0.2) is 0 Å². The first kappa shape index (κ1) is 14.7. The fourth-order valence-electron chi connectivity index (χ4n) is 2.25. The minimum atomic E-state index is -0.749. The highest BCUT2D eigenvalue weighted by Gasteiger charge is 2.15. The third-order valence-corrected chi connectivity index (χ3v) is 3.30. The van der Waals surface area contributed by atoms with Crippen LogP contribution in [0.3, 0.4) is 0 Å². The molecule has 0 radical (unpaired) electrons. The van der Waals surface area contributed by atoms with Crippen molar-refractivity contribution in [2.24, 2.45) is 17.6 Å². The van der Waals surface area contributed by atoms with Crippen LogP contribution in [-0.2, 0) is 11.2 Å². The molecule has 0 aromatic heterocycles. The molecule has 1 rings (SSSR count). The van der Waals surface area contributed by atoms with E-state index in [1.165, 1.54) is 5.56 Å². The summed E-state index contributed by atoms with van der Waals surface area (Å²) in [5.74, 6) is -0.132. The van der Waals surface area contributed by atoms with Crippen LogP contribution in [0.1, 0.15) is 31.7 Å². The Balaban J connectivity index is 2.32. The Hall–Kier alpha value is -1.35. The van der Waals surface area contributed by atoms with E-state index in [1.54, 1.807) is 0 Å². The lowest BCUT2D eigenvalue weighted by Crippen LogP contribution is -2.20. The van der Waals surface area contributed by atoms with Gasteiger partial charge in [0.1, 0.15) is 0 Å². The molecule has 2 unspecified atom stereocenters. The van der Waals surface area contributed by atoms with Gasteiger partial charge in [0.05, 0.1) is 0 Å². The average molecular weight is 249 g/mol. The number of aliphatic carboxylic acids is 1. The number of benzene rings is 1. The first-order valence-corrected chi connectivity index (χ1v) is 6.57. The largest absolute Gasteiger partial charge is 0.481 e. The van der Waals surface area contributed by atoms with Gasteiger partial charge >= 0.3 is 5.97 Å². The molecule has 0 aliphatic carbocycles. The number of nitrogens with two attached hydrogens (primary N) is 1. The standard InChI is InChI=1S/C15H23NO2/c1-12(9-14(11-16)10-15(17)18)7-8-13-5-3-2-4-6-13/h2-6,12,14H,7-11,16H2,1H3,(H,17,18). The second-order valence-corrected chi connectivity index (χ2v) is 5.06. The van der Waals surface area contributed by atoms with Crippen molar-refractivity contribution in [3.63, 3.8) is 0 Å². The summed E-state index contributed by atoms with van der Waals surface area (Å²) in [5.41, 5.74) is 6.95. The van der Waals surface area contributed by atoms with Gasteiger partial charge in [0.2, 0.25) is 0 Å². The minimum absolute atomic E-state index is 0.105. The smallest absolute Gasteiger partial charge is 0.303 e. The number of aryl methyl sites for hydroxylation is 1. The lowest BCUT2D eigenvalue weighted by atomic mass is 9.89. The zero-order valence-corrected chi connectivity index (χ0v) is 11.0. The first-order chi connectivity index (χ1) is 8.61. The molecule has 0 amide bonds. The molecule has 0 heterocycles. The van der Waals surface area contributed by atoms with Gasteiger partial charge in [0.25, 0.3) is 0 Å². The van der Waals surface area contributed by atoms with Crippen LogP contribution in [0, 0.1) is 11.8 Å². The SMILES string of the molecule is CC(CCc1ccccc1)CC(CN)CC(=O)O. The van der Waals surface area contributed by atoms with Gasteiger partial charge < -0.3 is 10.8 Å². The van der Waals surface area contributed by atoms with Crippen molar-refractivity contribution in [3.05, 3.63) is 35.9 Å². The molecule has 0 bridgehead atoms. The predicted octanol–water partition coefficient (Wildman–Crippen LogP) is 2.70. The molecule has 0 saturated heterocycles. The number of hydrogen-bond donors (Lipinski definition) is 2. The maximum Gasteiger partial charge on any atom is 0.303 e. The predicted molar refractivity (Wildman–Crippen MR) is 73.3 cm³/mol. The van der Waals surface area contributed by atoms with Crippen LogP contribution >= 0.6 is 0 Å². The molecular formula is C15H23NO2. The van der Waals surface area contributed by atoms with E-state index in [2.05, 4.69) is 19.1 Å². The van der Waals surface area contributed by atoms with Gasteiger partial charge in [-0.3, -0.25) is 4.79 Å². The highest BCUT2D eigenvalue weighted by atomic mass is 16.4. The quantitative estimate of drug-likeness (QED) is 0.744. The average Bonchev–Trinajstić information content (AvgIpc) is 2.36. The van der Waals surface area contributed by atoms with Crippen molar-refractivity contribution < 1.29 is 9.90 Å². The van der Waals surface area contributed by atoms with E-state index >= 15 is 0 Å². The molecule has 3 heteroatoms. The topological polar surface area (TPSA) is 63.3 Å². The minimum Gasteiger partial charge on any atom is -0.481 e. The highest BCUT2D eigenvalue weighted by molar-refractivity contribution is 5.67. The lowest BCUT2D eigenvalue weighted by molar-refractivity contribution is -0.138. The second kappa shape index (κ2) is 7.88. The molecule has 100 valence electrons. The van der Waals surface area contributed by atoms with Gasteiger partial charge in [-0.2, -0.15) is 0 Å². The van der Waals surface area contributed by atoms with E-state index < -0.39 is 5.97 Å². The Morgan fingerprint density at radius 3 is 2.56 bits per heavy atom. The molecule has 1 aromatic rings. The summed E-state index contributed by atoms with van der Waals surface area (Å²) in [6, 6.07) is 10.4. The fourth-order valence-corrected chi connectivity index (χ4v) is 2.25. The van der Waals surface area contributed by atoms with Crippen LogP contribution in [0.5, 0.6) is 0 Å². The summed E-state index contributed by atoms with van der Waals surface area (Å²) < 4.78 is 0. The van der Waals surface area contributed by atoms with E-state index in [1.807, 2.05) is 18.2 Å². The van der Waals surface area contributed by atoms with Gasteiger partial charge in [-0.15, -0.1) is 0 Å². The highest BCUT2D eigenvalue weighted by Crippen LogP contribution is 2.19. The molecule has 0 aliphatic rings. The van der Waals surface area contributed by atoms with Crippen molar-refractivity contribution in [1.82, 2.24) is 0 Å². The van der Waals surface area contributed by atoms with Crippen LogP contribution in [0.4, 0.5) is 0 Å². The molecule has 18 heavy (non-hydrogen) atoms. The third kappa shape index (κ3) is 5.82. The monoisotopic (exact) mass is 249 g/mol. The Kier molecular flexibility index (Phi) is 6.44. The van der Waals surface area contributed by atoms with E-state index in [0.29, 0.717) is 12.5 Å². The van der Waals surface area contributed by atoms with Crippen molar-refractivity contribution in [1.29, 1.82) is 0 Å². The van der Waals surface area contributed by atoms with Gasteiger partial charge in [-0.05, 0) is 43.2 Å². The Morgan fingerprint density at radius 1 is 1.33 bits per heavy atom. The summed E-state index contributed by atoms with van der Waals surface area (Å²) in [6.07, 6.45) is 3.22. The Labute approximate surface area is 109 Å². The summed E-state index contributed by atoms with van der Waals surface area (Å²) in [6.45, 7) is 2.63. The van der Waals surface area contributed by atoms with Crippen molar-refractivity contribution in [3.8, 4) is 0 Å². The molecule has 3 nitrogen and oxygen atoms in total. The van der Waals surface area contributed by atoms with Crippen molar-refractivity contribution >= 4 is 5.97 Å². The number of rotatable bonds is 8. The van der Waals surface area contributed by atoms with Crippen molar-refractivity contribution in [2.45, 2.75) is 32.6 Å². The van der Waals surface area contributed by atoms with Gasteiger partial charge in [-0.1, -0.05) is 37.3 Å². The molecular weight excluding hydrogens is 226 g/mol. The normalized spacial score (nSPS) is 14.1. The lowest BCUT2D eigenvalue weighted by Gasteiger charge is -2.18. The van der Waals surface area contributed by atoms with Crippen LogP contribution in [0.2, 0.25) is 0 Å². The molecule has 0 saturated carbocycles. The molecule has 3 N–H and O–H groups in total. The zero-order valence-electron chi connectivity index (χ0n) is 11.0. The molecule has 0 aliphatic heterocycles. The van der Waals surface area contributed by atoms with E-state index in [0.717, 1.165) is 19.3 Å².